The van der Waals surface area contributed by atoms with Gasteiger partial charge in [0, 0.05) is 32.0 Å². The van der Waals surface area contributed by atoms with E-state index >= 15 is 0 Å². The van der Waals surface area contributed by atoms with Gasteiger partial charge in [0.25, 0.3) is 0 Å². The van der Waals surface area contributed by atoms with E-state index in [0.717, 1.165) is 43.3 Å². The van der Waals surface area contributed by atoms with E-state index in [1.807, 2.05) is 12.3 Å². The fourth-order valence-corrected chi connectivity index (χ4v) is 2.96. The summed E-state index contributed by atoms with van der Waals surface area (Å²) in [6, 6.07) is 2.01. The zero-order valence-corrected chi connectivity index (χ0v) is 12.9. The summed E-state index contributed by atoms with van der Waals surface area (Å²) in [6.45, 7) is 6.42. The van der Waals surface area contributed by atoms with Crippen molar-refractivity contribution in [2.75, 3.05) is 44.2 Å². The van der Waals surface area contributed by atoms with Gasteiger partial charge < -0.3 is 15.5 Å². The van der Waals surface area contributed by atoms with Crippen molar-refractivity contribution in [1.29, 1.82) is 0 Å². The SMILES string of the molecule is NCCCCCN1CCCN(c2ccncc2Cl)CC1. The molecule has 0 radical (unpaired) electrons. The molecule has 4 nitrogen and oxygen atoms in total. The van der Waals surface area contributed by atoms with E-state index in [2.05, 4.69) is 14.8 Å². The van der Waals surface area contributed by atoms with Crippen LogP contribution in [0.2, 0.25) is 5.02 Å². The summed E-state index contributed by atoms with van der Waals surface area (Å²) in [4.78, 5) is 9.00. The highest BCUT2D eigenvalue weighted by molar-refractivity contribution is 6.33. The summed E-state index contributed by atoms with van der Waals surface area (Å²) < 4.78 is 0. The molecule has 2 rings (SSSR count). The Morgan fingerprint density at radius 3 is 2.85 bits per heavy atom. The average molecular weight is 297 g/mol. The number of hydrogen-bond donors (Lipinski definition) is 1. The highest BCUT2D eigenvalue weighted by atomic mass is 35.5. The smallest absolute Gasteiger partial charge is 0.0822 e. The second kappa shape index (κ2) is 8.45. The van der Waals surface area contributed by atoms with Crippen LogP contribution in [-0.4, -0.2) is 49.2 Å². The molecule has 0 unspecified atom stereocenters. The number of unbranched alkanes of at least 4 members (excludes halogenated alkanes) is 2. The molecule has 0 aromatic carbocycles. The molecule has 0 amide bonds. The molecule has 2 heterocycles. The van der Waals surface area contributed by atoms with E-state index in [-0.39, 0.29) is 0 Å². The monoisotopic (exact) mass is 296 g/mol. The minimum absolute atomic E-state index is 0.754. The lowest BCUT2D eigenvalue weighted by molar-refractivity contribution is 0.286. The highest BCUT2D eigenvalue weighted by Crippen LogP contribution is 2.25. The van der Waals surface area contributed by atoms with E-state index in [1.165, 1.54) is 32.4 Å². The van der Waals surface area contributed by atoms with Crippen molar-refractivity contribution in [3.8, 4) is 0 Å². The van der Waals surface area contributed by atoms with Crippen molar-refractivity contribution in [1.82, 2.24) is 9.88 Å². The van der Waals surface area contributed by atoms with Crippen LogP contribution in [0.25, 0.3) is 0 Å². The lowest BCUT2D eigenvalue weighted by Crippen LogP contribution is -2.31. The molecule has 1 aromatic rings. The number of pyridine rings is 1. The minimum Gasteiger partial charge on any atom is -0.369 e. The normalized spacial score (nSPS) is 17.2. The number of aromatic nitrogens is 1. The van der Waals surface area contributed by atoms with Crippen LogP contribution in [0.4, 0.5) is 5.69 Å². The standard InChI is InChI=1S/C15H25ClN4/c16-14-13-18-7-5-15(14)20-10-4-9-19(11-12-20)8-3-1-2-6-17/h5,7,13H,1-4,6,8-12,17H2. The van der Waals surface area contributed by atoms with E-state index in [1.54, 1.807) is 6.20 Å². The van der Waals surface area contributed by atoms with Crippen LogP contribution in [0, 0.1) is 0 Å². The molecule has 5 heteroatoms. The molecule has 0 spiro atoms. The first kappa shape index (κ1) is 15.5. The van der Waals surface area contributed by atoms with E-state index in [9.17, 15) is 0 Å². The molecule has 112 valence electrons. The number of nitrogens with zero attached hydrogens (tertiary/aromatic N) is 3. The quantitative estimate of drug-likeness (QED) is 0.819. The van der Waals surface area contributed by atoms with Gasteiger partial charge in [-0.1, -0.05) is 18.0 Å². The van der Waals surface area contributed by atoms with E-state index in [0.29, 0.717) is 0 Å². The zero-order valence-electron chi connectivity index (χ0n) is 12.1. The molecule has 0 aliphatic carbocycles. The van der Waals surface area contributed by atoms with Crippen LogP contribution < -0.4 is 10.6 Å². The second-order valence-corrected chi connectivity index (χ2v) is 5.77. The zero-order chi connectivity index (χ0) is 14.2. The molecular weight excluding hydrogens is 272 g/mol. The van der Waals surface area contributed by atoms with Crippen molar-refractivity contribution in [3.05, 3.63) is 23.5 Å². The van der Waals surface area contributed by atoms with Gasteiger partial charge in [0.05, 0.1) is 10.7 Å². The summed E-state index contributed by atoms with van der Waals surface area (Å²) in [5.41, 5.74) is 6.65. The fourth-order valence-electron chi connectivity index (χ4n) is 2.72. The molecule has 0 atom stereocenters. The average Bonchev–Trinajstić information content (AvgIpc) is 2.70. The summed E-state index contributed by atoms with van der Waals surface area (Å²) in [5, 5.41) is 0.754. The van der Waals surface area contributed by atoms with Crippen molar-refractivity contribution in [2.45, 2.75) is 25.7 Å². The Balaban J connectivity index is 1.82. The summed E-state index contributed by atoms with van der Waals surface area (Å²) in [7, 11) is 0. The topological polar surface area (TPSA) is 45.4 Å². The minimum atomic E-state index is 0.754. The van der Waals surface area contributed by atoms with Crippen LogP contribution in [-0.2, 0) is 0 Å². The van der Waals surface area contributed by atoms with Crippen molar-refractivity contribution >= 4 is 17.3 Å². The maximum absolute atomic E-state index is 6.24. The largest absolute Gasteiger partial charge is 0.369 e. The number of hydrogen-bond acceptors (Lipinski definition) is 4. The van der Waals surface area contributed by atoms with Gasteiger partial charge in [-0.3, -0.25) is 4.98 Å². The molecule has 1 aliphatic rings. The second-order valence-electron chi connectivity index (χ2n) is 5.36. The third-order valence-corrected chi connectivity index (χ3v) is 4.15. The highest BCUT2D eigenvalue weighted by Gasteiger charge is 2.16. The maximum Gasteiger partial charge on any atom is 0.0822 e. The Bertz CT molecular complexity index is 399. The Kier molecular flexibility index (Phi) is 6.57. The van der Waals surface area contributed by atoms with Gasteiger partial charge in [-0.05, 0) is 45.0 Å². The molecule has 0 saturated carbocycles. The van der Waals surface area contributed by atoms with Crippen molar-refractivity contribution in [2.24, 2.45) is 5.73 Å². The lowest BCUT2D eigenvalue weighted by atomic mass is 10.2. The maximum atomic E-state index is 6.24. The van der Waals surface area contributed by atoms with Crippen LogP contribution in [0.5, 0.6) is 0 Å². The Labute approximate surface area is 126 Å². The van der Waals surface area contributed by atoms with Gasteiger partial charge in [0.1, 0.15) is 0 Å². The van der Waals surface area contributed by atoms with Gasteiger partial charge in [0.2, 0.25) is 0 Å². The Morgan fingerprint density at radius 2 is 2.05 bits per heavy atom. The summed E-state index contributed by atoms with van der Waals surface area (Å²) in [5.74, 6) is 0. The number of rotatable bonds is 6. The Hall–Kier alpha value is -0.840. The molecule has 1 aliphatic heterocycles. The van der Waals surface area contributed by atoms with Gasteiger partial charge >= 0.3 is 0 Å². The van der Waals surface area contributed by atoms with Gasteiger partial charge in [-0.15, -0.1) is 0 Å². The third-order valence-electron chi connectivity index (χ3n) is 3.86. The molecule has 1 aromatic heterocycles. The van der Waals surface area contributed by atoms with E-state index in [4.69, 9.17) is 17.3 Å². The first-order valence-corrected chi connectivity index (χ1v) is 7.96. The van der Waals surface area contributed by atoms with Gasteiger partial charge in [-0.25, -0.2) is 0 Å². The predicted molar refractivity (Wildman–Crippen MR) is 85.4 cm³/mol. The number of anilines is 1. The molecule has 20 heavy (non-hydrogen) atoms. The van der Waals surface area contributed by atoms with Crippen LogP contribution in [0.15, 0.2) is 18.5 Å². The fraction of sp³-hybridized carbons (Fsp3) is 0.667. The number of nitrogens with two attached hydrogens (primary N) is 1. The van der Waals surface area contributed by atoms with E-state index < -0.39 is 0 Å². The molecule has 0 bridgehead atoms. The first-order valence-electron chi connectivity index (χ1n) is 7.58. The number of halogens is 1. The van der Waals surface area contributed by atoms with Crippen LogP contribution >= 0.6 is 11.6 Å². The Morgan fingerprint density at radius 1 is 1.15 bits per heavy atom. The van der Waals surface area contributed by atoms with Crippen LogP contribution in [0.1, 0.15) is 25.7 Å². The van der Waals surface area contributed by atoms with Crippen molar-refractivity contribution < 1.29 is 0 Å². The van der Waals surface area contributed by atoms with Crippen LogP contribution in [0.3, 0.4) is 0 Å². The van der Waals surface area contributed by atoms with Gasteiger partial charge in [-0.2, -0.15) is 0 Å². The van der Waals surface area contributed by atoms with Crippen molar-refractivity contribution in [3.63, 3.8) is 0 Å². The summed E-state index contributed by atoms with van der Waals surface area (Å²) >= 11 is 6.24. The third kappa shape index (κ3) is 4.62. The first-order chi connectivity index (χ1) is 9.81. The van der Waals surface area contributed by atoms with Gasteiger partial charge in [0.15, 0.2) is 0 Å². The summed E-state index contributed by atoms with van der Waals surface area (Å²) in [6.07, 6.45) is 8.38. The molecule has 1 fully saturated rings. The lowest BCUT2D eigenvalue weighted by Gasteiger charge is -2.24. The molecule has 1 saturated heterocycles. The predicted octanol–water partition coefficient (Wildman–Crippen LogP) is 2.38. The molecule has 2 N–H and O–H groups in total. The molecular formula is C15H25ClN4.